The Labute approximate surface area is 107 Å². The van der Waals surface area contributed by atoms with Crippen molar-refractivity contribution in [2.24, 2.45) is 0 Å². The summed E-state index contributed by atoms with van der Waals surface area (Å²) in [4.78, 5) is 2.32. The molecule has 0 radical (unpaired) electrons. The van der Waals surface area contributed by atoms with Gasteiger partial charge in [-0.15, -0.1) is 0 Å². The van der Waals surface area contributed by atoms with Crippen LogP contribution in [0.5, 0.6) is 0 Å². The minimum atomic E-state index is 0.562. The van der Waals surface area contributed by atoms with Crippen LogP contribution < -0.4 is 5.73 Å². The van der Waals surface area contributed by atoms with Crippen LogP contribution in [0.1, 0.15) is 12.5 Å². The minimum absolute atomic E-state index is 0.562. The molecule has 1 unspecified atom stereocenters. The molecule has 0 spiro atoms. The molecule has 2 nitrogen and oxygen atoms in total. The van der Waals surface area contributed by atoms with Crippen LogP contribution in [0.4, 0.5) is 5.69 Å². The zero-order chi connectivity index (χ0) is 12.1. The number of rotatable bonds is 5. The van der Waals surface area contributed by atoms with Gasteiger partial charge in [-0.25, -0.2) is 0 Å². The average molecular weight is 259 g/mol. The summed E-state index contributed by atoms with van der Waals surface area (Å²) in [5.41, 5.74) is 7.64. The summed E-state index contributed by atoms with van der Waals surface area (Å²) in [5, 5.41) is 0.628. The molecule has 1 aromatic carbocycles. The fraction of sp³-hybridized carbons (Fsp3) is 0.500. The Bertz CT molecular complexity index is 344. The molecule has 0 aliphatic rings. The maximum Gasteiger partial charge on any atom is 0.0635 e. The van der Waals surface area contributed by atoms with Crippen molar-refractivity contribution in [3.63, 3.8) is 0 Å². The van der Waals surface area contributed by atoms with E-state index in [-0.39, 0.29) is 0 Å². The van der Waals surface area contributed by atoms with E-state index in [2.05, 4.69) is 25.1 Å². The van der Waals surface area contributed by atoms with Crippen molar-refractivity contribution in [1.29, 1.82) is 0 Å². The molecule has 4 heteroatoms. The first-order valence-electron chi connectivity index (χ1n) is 5.27. The summed E-state index contributed by atoms with van der Waals surface area (Å²) in [7, 11) is 2.13. The smallest absolute Gasteiger partial charge is 0.0635 e. The molecule has 0 saturated heterocycles. The minimum Gasteiger partial charge on any atom is -0.398 e. The molecule has 2 N–H and O–H groups in total. The lowest BCUT2D eigenvalue weighted by molar-refractivity contribution is 0.270. The van der Waals surface area contributed by atoms with Gasteiger partial charge in [0.25, 0.3) is 0 Å². The van der Waals surface area contributed by atoms with Crippen molar-refractivity contribution >= 4 is 29.1 Å². The second kappa shape index (κ2) is 6.38. The SMILES string of the molecule is CSCC(C)N(C)Cc1ccc(Cl)c(N)c1. The van der Waals surface area contributed by atoms with Crippen molar-refractivity contribution in [3.05, 3.63) is 28.8 Å². The average Bonchev–Trinajstić information content (AvgIpc) is 2.24. The summed E-state index contributed by atoms with van der Waals surface area (Å²) >= 11 is 7.75. The lowest BCUT2D eigenvalue weighted by atomic mass is 10.2. The first-order chi connectivity index (χ1) is 7.54. The summed E-state index contributed by atoms with van der Waals surface area (Å²) in [6, 6.07) is 6.40. The molecular formula is C12H19ClN2S. The number of anilines is 1. The van der Waals surface area contributed by atoms with Gasteiger partial charge < -0.3 is 5.73 Å². The third-order valence-electron chi connectivity index (χ3n) is 2.65. The Kier molecular flexibility index (Phi) is 5.46. The van der Waals surface area contributed by atoms with Crippen LogP contribution in [0, 0.1) is 0 Å². The van der Waals surface area contributed by atoms with Crippen molar-refractivity contribution in [2.45, 2.75) is 19.5 Å². The van der Waals surface area contributed by atoms with E-state index in [0.29, 0.717) is 16.8 Å². The molecule has 0 saturated carbocycles. The van der Waals surface area contributed by atoms with E-state index in [4.69, 9.17) is 17.3 Å². The molecule has 0 amide bonds. The second-order valence-electron chi connectivity index (χ2n) is 4.08. The van der Waals surface area contributed by atoms with E-state index in [9.17, 15) is 0 Å². The predicted octanol–water partition coefficient (Wildman–Crippen LogP) is 3.11. The van der Waals surface area contributed by atoms with Gasteiger partial charge in [-0.2, -0.15) is 11.8 Å². The van der Waals surface area contributed by atoms with Gasteiger partial charge in [0.05, 0.1) is 10.7 Å². The van der Waals surface area contributed by atoms with E-state index in [1.54, 1.807) is 0 Å². The number of halogens is 1. The first kappa shape index (κ1) is 13.7. The van der Waals surface area contributed by atoms with Gasteiger partial charge in [0, 0.05) is 18.3 Å². The van der Waals surface area contributed by atoms with Crippen LogP contribution in [0.3, 0.4) is 0 Å². The van der Waals surface area contributed by atoms with Crippen LogP contribution in [0.25, 0.3) is 0 Å². The fourth-order valence-electron chi connectivity index (χ4n) is 1.50. The zero-order valence-electron chi connectivity index (χ0n) is 10.0. The van der Waals surface area contributed by atoms with Crippen LogP contribution in [0.15, 0.2) is 18.2 Å². The number of thioether (sulfide) groups is 1. The Morgan fingerprint density at radius 1 is 1.50 bits per heavy atom. The van der Waals surface area contributed by atoms with Crippen LogP contribution in [-0.2, 0) is 6.54 Å². The molecule has 0 fully saturated rings. The molecule has 0 bridgehead atoms. The summed E-state index contributed by atoms with van der Waals surface area (Å²) in [6.45, 7) is 3.14. The quantitative estimate of drug-likeness (QED) is 0.823. The highest BCUT2D eigenvalue weighted by atomic mass is 35.5. The Morgan fingerprint density at radius 3 is 2.75 bits per heavy atom. The first-order valence-corrected chi connectivity index (χ1v) is 7.05. The number of hydrogen-bond acceptors (Lipinski definition) is 3. The highest BCUT2D eigenvalue weighted by Crippen LogP contribution is 2.20. The molecule has 0 heterocycles. The van der Waals surface area contributed by atoms with Gasteiger partial charge in [-0.05, 0) is 37.9 Å². The maximum atomic E-state index is 5.89. The topological polar surface area (TPSA) is 29.3 Å². The predicted molar refractivity (Wildman–Crippen MR) is 75.2 cm³/mol. The van der Waals surface area contributed by atoms with Crippen molar-refractivity contribution < 1.29 is 0 Å². The molecule has 16 heavy (non-hydrogen) atoms. The third-order valence-corrected chi connectivity index (χ3v) is 3.81. The highest BCUT2D eigenvalue weighted by molar-refractivity contribution is 7.98. The van der Waals surface area contributed by atoms with Gasteiger partial charge in [0.1, 0.15) is 0 Å². The fourth-order valence-corrected chi connectivity index (χ4v) is 2.36. The molecule has 1 atom stereocenters. The van der Waals surface area contributed by atoms with Gasteiger partial charge in [-0.3, -0.25) is 4.90 Å². The maximum absolute atomic E-state index is 5.89. The standard InChI is InChI=1S/C12H19ClN2S/c1-9(8-16-3)15(2)7-10-4-5-11(13)12(14)6-10/h4-6,9H,7-8,14H2,1-3H3. The van der Waals surface area contributed by atoms with Crippen molar-refractivity contribution in [3.8, 4) is 0 Å². The Morgan fingerprint density at radius 2 is 2.19 bits per heavy atom. The number of nitrogens with two attached hydrogens (primary N) is 1. The monoisotopic (exact) mass is 258 g/mol. The molecule has 0 aliphatic heterocycles. The van der Waals surface area contributed by atoms with E-state index in [0.717, 1.165) is 12.3 Å². The van der Waals surface area contributed by atoms with Crippen molar-refractivity contribution in [2.75, 3.05) is 24.8 Å². The normalized spacial score (nSPS) is 13.1. The summed E-state index contributed by atoms with van der Waals surface area (Å²) in [5.74, 6) is 1.14. The largest absolute Gasteiger partial charge is 0.398 e. The zero-order valence-corrected chi connectivity index (χ0v) is 11.6. The molecule has 0 aromatic heterocycles. The number of nitrogens with zero attached hydrogens (tertiary/aromatic N) is 1. The van der Waals surface area contributed by atoms with Gasteiger partial charge >= 0.3 is 0 Å². The van der Waals surface area contributed by atoms with Crippen LogP contribution in [-0.4, -0.2) is 30.0 Å². The highest BCUT2D eigenvalue weighted by Gasteiger charge is 2.09. The summed E-state index contributed by atoms with van der Waals surface area (Å²) < 4.78 is 0. The van der Waals surface area contributed by atoms with Crippen molar-refractivity contribution in [1.82, 2.24) is 4.90 Å². The molecule has 90 valence electrons. The second-order valence-corrected chi connectivity index (χ2v) is 5.39. The lowest BCUT2D eigenvalue weighted by Crippen LogP contribution is -2.30. The third kappa shape index (κ3) is 3.89. The van der Waals surface area contributed by atoms with Gasteiger partial charge in [0.2, 0.25) is 0 Å². The van der Waals surface area contributed by atoms with Gasteiger partial charge in [0.15, 0.2) is 0 Å². The van der Waals surface area contributed by atoms with E-state index >= 15 is 0 Å². The lowest BCUT2D eigenvalue weighted by Gasteiger charge is -2.24. The number of nitrogen functional groups attached to an aromatic ring is 1. The Hall–Kier alpha value is -0.380. The van der Waals surface area contributed by atoms with E-state index in [1.807, 2.05) is 30.0 Å². The molecule has 0 aliphatic carbocycles. The van der Waals surface area contributed by atoms with Gasteiger partial charge in [-0.1, -0.05) is 17.7 Å². The molecule has 1 aromatic rings. The molecule has 1 rings (SSSR count). The number of hydrogen-bond donors (Lipinski definition) is 1. The molecular weight excluding hydrogens is 240 g/mol. The van der Waals surface area contributed by atoms with Crippen LogP contribution in [0.2, 0.25) is 5.02 Å². The van der Waals surface area contributed by atoms with E-state index < -0.39 is 0 Å². The Balaban J connectivity index is 2.62. The van der Waals surface area contributed by atoms with Crippen LogP contribution >= 0.6 is 23.4 Å². The van der Waals surface area contributed by atoms with E-state index in [1.165, 1.54) is 5.56 Å². The summed E-state index contributed by atoms with van der Waals surface area (Å²) in [6.07, 6.45) is 2.13. The number of benzene rings is 1.